The number of hydrogen-bond acceptors (Lipinski definition) is 32. The molecule has 1 fully saturated rings. The highest BCUT2D eigenvalue weighted by molar-refractivity contribution is 7.90. The van der Waals surface area contributed by atoms with Crippen LogP contribution in [0.2, 0.25) is 0 Å². The lowest BCUT2D eigenvalue weighted by atomic mass is 10.1. The number of aryl methyl sites for hydroxylation is 6. The first kappa shape index (κ1) is 114. The number of amides is 8. The highest BCUT2D eigenvalue weighted by Crippen LogP contribution is 2.29. The molecule has 9 rings (SSSR count). The third-order valence-corrected chi connectivity index (χ3v) is 27.8. The molecule has 56 heteroatoms. The summed E-state index contributed by atoms with van der Waals surface area (Å²) >= 11 is 0. The molecule has 784 valence electrons. The molecule has 1 aliphatic rings. The number of fused-ring (bicyclic) bond motifs is 2. The minimum atomic E-state index is -5.30. The third kappa shape index (κ3) is 35.1. The minimum Gasteiger partial charge on any atom is -0.494 e. The molecular formula is C88H120N23O29S4+. The Bertz CT molecular complexity index is 6580. The summed E-state index contributed by atoms with van der Waals surface area (Å²) in [6.07, 6.45) is 4.77. The molecule has 0 radical (unpaired) electrons. The quantitative estimate of drug-likeness (QED) is 0.00798. The van der Waals surface area contributed by atoms with Crippen LogP contribution in [0.15, 0.2) is 117 Å². The molecule has 8 amide bonds. The number of anilines is 2. The molecule has 8 aromatic rings. The number of carboxylic acids is 3. The van der Waals surface area contributed by atoms with Gasteiger partial charge in [0.15, 0.2) is 17.6 Å². The summed E-state index contributed by atoms with van der Waals surface area (Å²) in [5.74, 6) is -14.2. The van der Waals surface area contributed by atoms with E-state index in [1.807, 2.05) is 23.9 Å². The molecule has 0 bridgehead atoms. The van der Waals surface area contributed by atoms with Crippen LogP contribution >= 0.6 is 0 Å². The standard InChI is InChI=1S/C88H119N23O29S4/c1-53-37-59(38-54(2)79(53)143(135,136)103-65(85(124)125)45-97-81(120)63-47-107(7)68-41-57(13-15-61(68)77(63)118)43-99-87-93-23-24-94-87)139-35-9-11-72(112)89-19-21-91-83(122)67(51-141(129,130)131)101-74(114)18-17-71(102-75(115)49-109-31-29-105(5)27-28-106(6)30-32-110(34-33-109)50-76(116)117)111(128)70(52-142(132,133)134)84(123)92-22-20-90-73(113)12-10-36-140-60-39-55(3)80(56(4)40-60)144(137,138)104-66(86(126)127)46-98-82(121)64-48-108(8)69-42-58(14-16-62(69)78(64)119)44-100-88-95-25-26-96-88/h13-16,23-26,37-42,47-48,65-67,70-71,103-104H,9-12,17-22,27-36,43-46,49-52H2,1-8H3,(H16-,89,90,91,92,93,94,95,96,97,98,99,100,101,102,112,113,114,115,116,117,120,121,122,123,124,125,126,127,129,130,131,132,133,134)/p+1. The summed E-state index contributed by atoms with van der Waals surface area (Å²) in [4.78, 5) is 208. The van der Waals surface area contributed by atoms with E-state index in [0.717, 1.165) is 11.1 Å². The lowest BCUT2D eigenvalue weighted by Gasteiger charge is -2.31. The average Bonchev–Trinajstić information content (AvgIpc) is 0.809. The van der Waals surface area contributed by atoms with E-state index in [2.05, 4.69) is 82.5 Å². The van der Waals surface area contributed by atoms with Crippen LogP contribution in [0.1, 0.15) is 92.6 Å². The number of aromatic nitrogens is 6. The van der Waals surface area contributed by atoms with Crippen molar-refractivity contribution < 1.29 is 125 Å². The fourth-order valence-electron chi connectivity index (χ4n) is 15.5. The monoisotopic (exact) mass is 2090 g/mol. The van der Waals surface area contributed by atoms with Gasteiger partial charge in [-0.15, -0.1) is 0 Å². The zero-order chi connectivity index (χ0) is 106. The SMILES string of the molecule is Cc1cc(OCCCC(=O)NCCNC(=O)C(CS(=O)(=O)O)NC(=O)CCC(NC(=O)CN2CCN(C)CCN(C)CCN(CC(=O)O)CC2)[N+](=O)C(CS(=O)(=O)O)C(=O)NCCNC(=O)CCCOc2cc(C)c(S(=O)(=O)NC(CNC(=O)c3cn(C)c4cc(CNc5ncc[nH]5)ccc4c3=O)C(=O)O)c(C)c2)cc(C)c1S(=O)(=O)NC(CNC(=O)c1cn(C)c2cc(CNc3ncc[nH]3)ccc2c1=O)C(=O)O. The van der Waals surface area contributed by atoms with Crippen LogP contribution < -0.4 is 82.9 Å². The Hall–Kier alpha value is -13.8. The second-order valence-corrected chi connectivity index (χ2v) is 40.6. The maximum atomic E-state index is 14.7. The third-order valence-electron chi connectivity index (χ3n) is 22.8. The topological polar surface area (TPSA) is 723 Å². The van der Waals surface area contributed by atoms with Gasteiger partial charge in [0.2, 0.25) is 60.4 Å². The number of sulfonamides is 2. The molecular weight excluding hydrogens is 1970 g/mol. The Balaban J connectivity index is 0.752. The normalized spacial score (nSPS) is 14.5. The van der Waals surface area contributed by atoms with Crippen LogP contribution in [0.5, 0.6) is 11.5 Å². The van der Waals surface area contributed by atoms with Gasteiger partial charge in [-0.05, 0) is 137 Å². The van der Waals surface area contributed by atoms with Gasteiger partial charge in [-0.2, -0.15) is 26.3 Å². The number of nitrogens with one attached hydrogen (secondary N) is 14. The molecule has 0 aliphatic carbocycles. The fourth-order valence-corrected chi connectivity index (χ4v) is 20.1. The number of aliphatic carboxylic acids is 3. The van der Waals surface area contributed by atoms with Crippen molar-refractivity contribution in [1.82, 2.24) is 101 Å². The summed E-state index contributed by atoms with van der Waals surface area (Å²) in [5, 5.41) is 55.3. The van der Waals surface area contributed by atoms with Gasteiger partial charge in [0.05, 0.1) is 47.1 Å². The number of ether oxygens (including phenoxy) is 2. The van der Waals surface area contributed by atoms with Gasteiger partial charge in [-0.1, -0.05) is 12.1 Å². The lowest BCUT2D eigenvalue weighted by Crippen LogP contribution is -2.56. The number of benzene rings is 4. The van der Waals surface area contributed by atoms with Crippen molar-refractivity contribution in [3.63, 3.8) is 0 Å². The number of carbonyl (C=O) groups excluding carboxylic acids is 8. The van der Waals surface area contributed by atoms with Gasteiger partial charge in [0, 0.05) is 202 Å². The number of likely N-dealkylation sites (N-methyl/N-ethyl adjacent to an activating group) is 2. The molecule has 5 atom stereocenters. The van der Waals surface area contributed by atoms with E-state index in [9.17, 15) is 125 Å². The number of nitrogens with zero attached hydrogens (tertiary/aromatic N) is 9. The van der Waals surface area contributed by atoms with Gasteiger partial charge in [-0.3, -0.25) is 86.6 Å². The number of hydrogen-bond donors (Lipinski definition) is 19. The predicted molar refractivity (Wildman–Crippen MR) is 521 cm³/mol. The largest absolute Gasteiger partial charge is 0.494 e. The van der Waals surface area contributed by atoms with E-state index in [-0.39, 0.29) is 148 Å². The van der Waals surface area contributed by atoms with E-state index in [1.54, 1.807) is 94.2 Å². The average molecular weight is 2090 g/mol. The predicted octanol–water partition coefficient (Wildman–Crippen LogP) is -2.70. The molecule has 5 unspecified atom stereocenters. The van der Waals surface area contributed by atoms with Crippen molar-refractivity contribution in [3.05, 3.63) is 168 Å². The molecule has 0 saturated carbocycles. The lowest BCUT2D eigenvalue weighted by molar-refractivity contribution is -0.608. The van der Waals surface area contributed by atoms with Gasteiger partial charge >= 0.3 is 17.9 Å². The smallest absolute Gasteiger partial charge is 0.323 e. The number of carboxylic acid groups (broad SMARTS) is 3. The fraction of sp³-hybridized carbons (Fsp3) is 0.466. The van der Waals surface area contributed by atoms with Crippen molar-refractivity contribution >= 4 is 139 Å². The first-order valence-electron chi connectivity index (χ1n) is 45.2. The van der Waals surface area contributed by atoms with Crippen LogP contribution in [0.3, 0.4) is 0 Å². The number of aromatic amines is 2. The molecule has 4 aromatic carbocycles. The van der Waals surface area contributed by atoms with E-state index in [1.165, 1.54) is 64.4 Å². The summed E-state index contributed by atoms with van der Waals surface area (Å²) in [6.45, 7) is 4.73. The molecule has 19 N–H and O–H groups in total. The van der Waals surface area contributed by atoms with Crippen LogP contribution in [-0.4, -0.2) is 351 Å². The number of rotatable bonds is 53. The number of imidazole rings is 2. The first-order valence-corrected chi connectivity index (χ1v) is 51.4. The van der Waals surface area contributed by atoms with Gasteiger partial charge in [0.25, 0.3) is 50.2 Å². The summed E-state index contributed by atoms with van der Waals surface area (Å²) in [7, 11) is -12.8. The molecule has 1 saturated heterocycles. The molecule has 52 nitrogen and oxygen atoms in total. The minimum absolute atomic E-state index is 0.0295. The maximum Gasteiger partial charge on any atom is 0.323 e. The zero-order valence-corrected chi connectivity index (χ0v) is 83.4. The highest BCUT2D eigenvalue weighted by Gasteiger charge is 2.44. The van der Waals surface area contributed by atoms with Crippen molar-refractivity contribution in [1.29, 1.82) is 0 Å². The Labute approximate surface area is 827 Å². The van der Waals surface area contributed by atoms with Crippen molar-refractivity contribution in [3.8, 4) is 11.5 Å². The van der Waals surface area contributed by atoms with E-state index >= 15 is 0 Å². The molecule has 1 aliphatic heterocycles. The zero-order valence-electron chi connectivity index (χ0n) is 80.1. The first-order chi connectivity index (χ1) is 67.9. The molecule has 5 heterocycles. The Morgan fingerprint density at radius 1 is 0.479 bits per heavy atom. The van der Waals surface area contributed by atoms with Gasteiger partial charge in [0.1, 0.15) is 46.5 Å². The summed E-state index contributed by atoms with van der Waals surface area (Å²) < 4.78 is 144. The van der Waals surface area contributed by atoms with Gasteiger partial charge in [-0.25, -0.2) is 26.8 Å². The molecule has 0 spiro atoms. The van der Waals surface area contributed by atoms with Crippen molar-refractivity contribution in [2.24, 2.45) is 14.1 Å². The van der Waals surface area contributed by atoms with Crippen molar-refractivity contribution in [2.75, 3.05) is 154 Å². The Kier molecular flexibility index (Phi) is 41.4. The van der Waals surface area contributed by atoms with Crippen LogP contribution in [0.25, 0.3) is 21.8 Å². The number of nitroso groups, excluding NO2 is 1. The Morgan fingerprint density at radius 2 is 0.882 bits per heavy atom. The molecule has 4 aromatic heterocycles. The number of carbonyl (C=O) groups is 11. The van der Waals surface area contributed by atoms with Gasteiger partial charge < -0.3 is 102 Å². The van der Waals surface area contributed by atoms with Crippen LogP contribution in [-0.2, 0) is 111 Å². The van der Waals surface area contributed by atoms with E-state index in [4.69, 9.17) is 9.47 Å². The number of pyridine rings is 2. The van der Waals surface area contributed by atoms with E-state index < -0.39 is 204 Å². The van der Waals surface area contributed by atoms with Crippen molar-refractivity contribution in [2.45, 2.75) is 119 Å². The number of H-pyrrole nitrogens is 2. The summed E-state index contributed by atoms with van der Waals surface area (Å²) in [5.41, 5.74) is 0.993. The summed E-state index contributed by atoms with van der Waals surface area (Å²) in [6, 6.07) is 6.93. The molecule has 144 heavy (non-hydrogen) atoms. The Morgan fingerprint density at radius 3 is 1.28 bits per heavy atom. The highest BCUT2D eigenvalue weighted by atomic mass is 32.2. The second kappa shape index (κ2) is 52.4. The van der Waals surface area contributed by atoms with Crippen LogP contribution in [0.4, 0.5) is 11.9 Å². The second-order valence-electron chi connectivity index (χ2n) is 34.3. The van der Waals surface area contributed by atoms with E-state index in [0.29, 0.717) is 68.7 Å². The maximum absolute atomic E-state index is 14.7. The van der Waals surface area contributed by atoms with Crippen LogP contribution in [0, 0.1) is 32.6 Å².